The van der Waals surface area contributed by atoms with Crippen LogP contribution in [-0.2, 0) is 24.1 Å². The van der Waals surface area contributed by atoms with Gasteiger partial charge in [0.15, 0.2) is 11.5 Å². The molecular weight excluding hydrogens is 498 g/mol. The number of halogens is 1. The number of anilines is 1. The number of carbonyl (C=O) groups excluding carboxylic acids is 2. The first-order valence-electron chi connectivity index (χ1n) is 11.7. The van der Waals surface area contributed by atoms with Crippen molar-refractivity contribution >= 4 is 40.4 Å². The van der Waals surface area contributed by atoms with Gasteiger partial charge in [-0.2, -0.15) is 0 Å². The van der Waals surface area contributed by atoms with Crippen LogP contribution >= 0.6 is 22.9 Å². The first-order valence-corrected chi connectivity index (χ1v) is 12.9. The Bertz CT molecular complexity index is 1250. The van der Waals surface area contributed by atoms with Crippen molar-refractivity contribution in [3.8, 4) is 11.5 Å². The number of hydrogen-bond acceptors (Lipinski definition) is 6. The summed E-state index contributed by atoms with van der Waals surface area (Å²) in [6.07, 6.45) is 2.19. The van der Waals surface area contributed by atoms with Gasteiger partial charge in [-0.3, -0.25) is 9.59 Å². The Kier molecular flexibility index (Phi) is 8.51. The molecule has 1 aromatic heterocycles. The molecule has 0 saturated heterocycles. The minimum absolute atomic E-state index is 0.271. The maximum Gasteiger partial charge on any atom is 0.262 e. The van der Waals surface area contributed by atoms with Crippen molar-refractivity contribution in [2.45, 2.75) is 25.3 Å². The Balaban J connectivity index is 1.55. The molecule has 0 aliphatic carbocycles. The lowest BCUT2D eigenvalue weighted by Gasteiger charge is -2.20. The number of likely N-dealkylation sites (N-methyl/N-ethyl adjacent to an activating group) is 1. The monoisotopic (exact) mass is 527 g/mol. The van der Waals surface area contributed by atoms with Crippen molar-refractivity contribution in [2.24, 2.45) is 0 Å². The molecule has 1 aliphatic heterocycles. The van der Waals surface area contributed by atoms with Crippen LogP contribution in [-0.4, -0.2) is 57.1 Å². The molecule has 0 spiro atoms. The SMILES string of the molecule is COc1ccc(CC(NC(=O)c2ccc(Cl)s2)C(=O)Nc2ccc3c(c2)CCN(C)CC3)cc1OC. The van der Waals surface area contributed by atoms with Crippen LogP contribution in [0.2, 0.25) is 4.34 Å². The second kappa shape index (κ2) is 11.8. The van der Waals surface area contributed by atoms with Crippen molar-refractivity contribution in [1.82, 2.24) is 10.2 Å². The number of nitrogens with one attached hydrogen (secondary N) is 2. The van der Waals surface area contributed by atoms with E-state index in [1.807, 2.05) is 24.3 Å². The third-order valence-corrected chi connectivity index (χ3v) is 7.54. The van der Waals surface area contributed by atoms with Crippen LogP contribution < -0.4 is 20.1 Å². The highest BCUT2D eigenvalue weighted by Crippen LogP contribution is 2.28. The maximum absolute atomic E-state index is 13.4. The highest BCUT2D eigenvalue weighted by atomic mass is 35.5. The number of carbonyl (C=O) groups is 2. The molecule has 1 aliphatic rings. The maximum atomic E-state index is 13.4. The number of nitrogens with zero attached hydrogens (tertiary/aromatic N) is 1. The van der Waals surface area contributed by atoms with Crippen LogP contribution in [0.4, 0.5) is 5.69 Å². The molecule has 2 heterocycles. The molecule has 1 unspecified atom stereocenters. The van der Waals surface area contributed by atoms with E-state index in [0.29, 0.717) is 26.4 Å². The molecule has 36 heavy (non-hydrogen) atoms. The van der Waals surface area contributed by atoms with E-state index >= 15 is 0 Å². The lowest BCUT2D eigenvalue weighted by atomic mass is 10.0. The number of ether oxygens (including phenoxy) is 2. The Morgan fingerprint density at radius 2 is 1.75 bits per heavy atom. The molecule has 2 aromatic carbocycles. The number of methoxy groups -OCH3 is 2. The zero-order valence-corrected chi connectivity index (χ0v) is 22.2. The van der Waals surface area contributed by atoms with E-state index in [9.17, 15) is 9.59 Å². The number of amides is 2. The van der Waals surface area contributed by atoms with Gasteiger partial charge in [-0.1, -0.05) is 23.7 Å². The third kappa shape index (κ3) is 6.37. The quantitative estimate of drug-likeness (QED) is 0.453. The zero-order chi connectivity index (χ0) is 25.7. The average Bonchev–Trinajstić information content (AvgIpc) is 3.23. The minimum Gasteiger partial charge on any atom is -0.493 e. The van der Waals surface area contributed by atoms with Crippen molar-refractivity contribution in [1.29, 1.82) is 0 Å². The van der Waals surface area contributed by atoms with Crippen molar-refractivity contribution < 1.29 is 19.1 Å². The van der Waals surface area contributed by atoms with E-state index in [-0.39, 0.29) is 18.2 Å². The van der Waals surface area contributed by atoms with Crippen LogP contribution in [0.25, 0.3) is 0 Å². The Morgan fingerprint density at radius 3 is 2.44 bits per heavy atom. The zero-order valence-electron chi connectivity index (χ0n) is 20.6. The molecule has 7 nitrogen and oxygen atoms in total. The van der Waals surface area contributed by atoms with Gasteiger partial charge in [0.1, 0.15) is 6.04 Å². The molecule has 4 rings (SSSR count). The molecule has 1 atom stereocenters. The summed E-state index contributed by atoms with van der Waals surface area (Å²) >= 11 is 7.18. The molecule has 3 aromatic rings. The van der Waals surface area contributed by atoms with E-state index in [1.54, 1.807) is 32.4 Å². The Labute approximate surface area is 220 Å². The lowest BCUT2D eigenvalue weighted by molar-refractivity contribution is -0.118. The average molecular weight is 528 g/mol. The van der Waals surface area contributed by atoms with Gasteiger partial charge in [0, 0.05) is 25.2 Å². The summed E-state index contributed by atoms with van der Waals surface area (Å²) in [5.74, 6) is 0.500. The highest BCUT2D eigenvalue weighted by molar-refractivity contribution is 7.18. The predicted octanol–water partition coefficient (Wildman–Crippen LogP) is 4.43. The number of thiophene rings is 1. The van der Waals surface area contributed by atoms with E-state index in [2.05, 4.69) is 28.6 Å². The molecule has 2 N–H and O–H groups in total. The standard InChI is InChI=1S/C27H30ClN3O4S/c1-31-12-10-18-5-6-20(16-19(18)11-13-31)29-26(32)21(30-27(33)24-8-9-25(28)36-24)14-17-4-7-22(34-2)23(15-17)35-3/h4-9,15-16,21H,10-14H2,1-3H3,(H,29,32)(H,30,33). The van der Waals surface area contributed by atoms with E-state index in [4.69, 9.17) is 21.1 Å². The first-order chi connectivity index (χ1) is 17.4. The molecule has 190 valence electrons. The van der Waals surface area contributed by atoms with E-state index in [1.165, 1.54) is 22.5 Å². The molecule has 9 heteroatoms. The molecule has 0 saturated carbocycles. The summed E-state index contributed by atoms with van der Waals surface area (Å²) in [6.45, 7) is 2.00. The molecule has 0 fully saturated rings. The molecule has 2 amide bonds. The van der Waals surface area contributed by atoms with Gasteiger partial charge >= 0.3 is 0 Å². The van der Waals surface area contributed by atoms with Crippen LogP contribution in [0.3, 0.4) is 0 Å². The smallest absolute Gasteiger partial charge is 0.262 e. The number of fused-ring (bicyclic) bond motifs is 1. The largest absolute Gasteiger partial charge is 0.493 e. The van der Waals surface area contributed by atoms with Gasteiger partial charge in [-0.15, -0.1) is 11.3 Å². The van der Waals surface area contributed by atoms with Gasteiger partial charge in [0.2, 0.25) is 5.91 Å². The van der Waals surface area contributed by atoms with Gasteiger partial charge in [-0.05, 0) is 73.0 Å². The van der Waals surface area contributed by atoms with E-state index in [0.717, 1.165) is 31.5 Å². The summed E-state index contributed by atoms with van der Waals surface area (Å²) in [7, 11) is 5.25. The number of rotatable bonds is 8. The van der Waals surface area contributed by atoms with Crippen molar-refractivity contribution in [3.63, 3.8) is 0 Å². The number of hydrogen-bond donors (Lipinski definition) is 2. The molecule has 0 bridgehead atoms. The van der Waals surface area contributed by atoms with Crippen LogP contribution in [0, 0.1) is 0 Å². The van der Waals surface area contributed by atoms with Gasteiger partial charge in [0.05, 0.1) is 23.4 Å². The summed E-state index contributed by atoms with van der Waals surface area (Å²) in [4.78, 5) is 29.1. The second-order valence-electron chi connectivity index (χ2n) is 8.80. The summed E-state index contributed by atoms with van der Waals surface area (Å²) in [6, 6.07) is 14.0. The predicted molar refractivity (Wildman–Crippen MR) is 144 cm³/mol. The first kappa shape index (κ1) is 26.0. The highest BCUT2D eigenvalue weighted by Gasteiger charge is 2.24. The fourth-order valence-electron chi connectivity index (χ4n) is 4.26. The van der Waals surface area contributed by atoms with Crippen molar-refractivity contribution in [2.75, 3.05) is 39.7 Å². The fraction of sp³-hybridized carbons (Fsp3) is 0.333. The normalized spacial score (nSPS) is 14.3. The molecular formula is C27H30ClN3O4S. The third-order valence-electron chi connectivity index (χ3n) is 6.31. The summed E-state index contributed by atoms with van der Waals surface area (Å²) in [5, 5.41) is 5.89. The lowest BCUT2D eigenvalue weighted by Crippen LogP contribution is -2.45. The molecule has 0 radical (unpaired) electrons. The van der Waals surface area contributed by atoms with Crippen LogP contribution in [0.1, 0.15) is 26.4 Å². The van der Waals surface area contributed by atoms with Crippen LogP contribution in [0.5, 0.6) is 11.5 Å². The Morgan fingerprint density at radius 1 is 1.00 bits per heavy atom. The van der Waals surface area contributed by atoms with Gasteiger partial charge in [-0.25, -0.2) is 0 Å². The topological polar surface area (TPSA) is 79.9 Å². The summed E-state index contributed by atoms with van der Waals surface area (Å²) in [5.41, 5.74) is 4.09. The van der Waals surface area contributed by atoms with Crippen molar-refractivity contribution in [3.05, 3.63) is 74.4 Å². The minimum atomic E-state index is -0.818. The second-order valence-corrected chi connectivity index (χ2v) is 10.5. The fourth-order valence-corrected chi connectivity index (χ4v) is 5.21. The van der Waals surface area contributed by atoms with Gasteiger partial charge < -0.3 is 25.0 Å². The summed E-state index contributed by atoms with van der Waals surface area (Å²) < 4.78 is 11.2. The Hall–Kier alpha value is -3.07. The van der Waals surface area contributed by atoms with Crippen LogP contribution in [0.15, 0.2) is 48.5 Å². The number of benzene rings is 2. The van der Waals surface area contributed by atoms with E-state index < -0.39 is 6.04 Å². The van der Waals surface area contributed by atoms with Gasteiger partial charge in [0.25, 0.3) is 5.91 Å².